The average molecular weight is 227 g/mol. The molecule has 16 heavy (non-hydrogen) atoms. The van der Waals surface area contributed by atoms with Gasteiger partial charge in [0.2, 0.25) is 0 Å². The fourth-order valence-corrected chi connectivity index (χ4v) is 1.58. The summed E-state index contributed by atoms with van der Waals surface area (Å²) in [6, 6.07) is 0. The maximum absolute atomic E-state index is 10.0. The van der Waals surface area contributed by atoms with E-state index < -0.39 is 0 Å². The fraction of sp³-hybridized carbons (Fsp3) is 0.857. The van der Waals surface area contributed by atoms with Crippen LogP contribution < -0.4 is 5.32 Å². The first-order valence-corrected chi connectivity index (χ1v) is 6.59. The lowest BCUT2D eigenvalue weighted by molar-refractivity contribution is 0.350. The van der Waals surface area contributed by atoms with Gasteiger partial charge < -0.3 is 10.4 Å². The standard InChI is InChI=1S/C14H29NO/c1-6-8-10-12(15-14(3,4)5)13(16)11-9-7-2/h15-16H,6-11H2,1-5H3/b13-12-. The first kappa shape index (κ1) is 15.3. The molecule has 96 valence electrons. The van der Waals surface area contributed by atoms with Crippen LogP contribution >= 0.6 is 0 Å². The largest absolute Gasteiger partial charge is 0.511 e. The third-order valence-corrected chi connectivity index (χ3v) is 2.42. The van der Waals surface area contributed by atoms with Crippen molar-refractivity contribution >= 4 is 0 Å². The van der Waals surface area contributed by atoms with Crippen LogP contribution in [-0.4, -0.2) is 10.6 Å². The fourth-order valence-electron chi connectivity index (χ4n) is 1.58. The molecule has 0 aliphatic carbocycles. The number of aliphatic hydroxyl groups is 1. The van der Waals surface area contributed by atoms with Crippen molar-refractivity contribution in [2.45, 2.75) is 78.7 Å². The van der Waals surface area contributed by atoms with Crippen molar-refractivity contribution in [1.29, 1.82) is 0 Å². The van der Waals surface area contributed by atoms with Gasteiger partial charge in [-0.05, 0) is 40.0 Å². The summed E-state index contributed by atoms with van der Waals surface area (Å²) in [6.07, 6.45) is 6.25. The molecule has 0 unspecified atom stereocenters. The molecule has 0 aliphatic heterocycles. The van der Waals surface area contributed by atoms with Gasteiger partial charge in [-0.25, -0.2) is 0 Å². The van der Waals surface area contributed by atoms with Crippen LogP contribution in [0.5, 0.6) is 0 Å². The zero-order valence-electron chi connectivity index (χ0n) is 11.7. The Morgan fingerprint density at radius 3 is 1.94 bits per heavy atom. The number of nitrogens with one attached hydrogen (secondary N) is 1. The summed E-state index contributed by atoms with van der Waals surface area (Å²) in [7, 11) is 0. The molecule has 2 N–H and O–H groups in total. The maximum atomic E-state index is 10.0. The van der Waals surface area contributed by atoms with E-state index in [0.29, 0.717) is 5.76 Å². The van der Waals surface area contributed by atoms with E-state index in [1.165, 1.54) is 0 Å². The van der Waals surface area contributed by atoms with Crippen LogP contribution in [0, 0.1) is 0 Å². The average Bonchev–Trinajstić information content (AvgIpc) is 2.19. The highest BCUT2D eigenvalue weighted by Crippen LogP contribution is 2.16. The maximum Gasteiger partial charge on any atom is 0.111 e. The van der Waals surface area contributed by atoms with E-state index in [1.54, 1.807) is 0 Å². The predicted octanol–water partition coefficient (Wildman–Crippen LogP) is 4.52. The zero-order chi connectivity index (χ0) is 12.6. The second-order valence-electron chi connectivity index (χ2n) is 5.51. The Kier molecular flexibility index (Phi) is 7.27. The minimum Gasteiger partial charge on any atom is -0.511 e. The minimum absolute atomic E-state index is 0.0310. The topological polar surface area (TPSA) is 32.3 Å². The highest BCUT2D eigenvalue weighted by molar-refractivity contribution is 5.08. The molecule has 0 saturated heterocycles. The molecule has 0 spiro atoms. The van der Waals surface area contributed by atoms with Crippen LogP contribution in [0.25, 0.3) is 0 Å². The van der Waals surface area contributed by atoms with E-state index in [0.717, 1.165) is 44.2 Å². The lowest BCUT2D eigenvalue weighted by atomic mass is 10.0. The molecule has 0 radical (unpaired) electrons. The molecule has 0 aromatic carbocycles. The van der Waals surface area contributed by atoms with Gasteiger partial charge in [0.1, 0.15) is 5.76 Å². The second kappa shape index (κ2) is 7.59. The van der Waals surface area contributed by atoms with Gasteiger partial charge in [0.15, 0.2) is 0 Å². The Morgan fingerprint density at radius 1 is 1.00 bits per heavy atom. The van der Waals surface area contributed by atoms with Crippen LogP contribution in [0.3, 0.4) is 0 Å². The number of rotatable bonds is 7. The molecule has 0 atom stereocenters. The van der Waals surface area contributed by atoms with Crippen LogP contribution in [-0.2, 0) is 0 Å². The van der Waals surface area contributed by atoms with Gasteiger partial charge in [-0.1, -0.05) is 26.7 Å². The SMILES string of the molecule is CCCC/C(O)=C(\CCCC)NC(C)(C)C. The summed E-state index contributed by atoms with van der Waals surface area (Å²) in [5, 5.41) is 13.5. The van der Waals surface area contributed by atoms with Gasteiger partial charge in [0.05, 0.1) is 0 Å². The number of allylic oxidation sites excluding steroid dienone is 2. The van der Waals surface area contributed by atoms with Gasteiger partial charge in [-0.15, -0.1) is 0 Å². The molecule has 0 aromatic heterocycles. The molecule has 0 amide bonds. The Bertz CT molecular complexity index is 213. The molecule has 0 rings (SSSR count). The Balaban J connectivity index is 4.49. The summed E-state index contributed by atoms with van der Waals surface area (Å²) in [5.41, 5.74) is 1.08. The highest BCUT2D eigenvalue weighted by Gasteiger charge is 2.14. The van der Waals surface area contributed by atoms with Crippen LogP contribution in [0.1, 0.15) is 73.1 Å². The van der Waals surface area contributed by atoms with Crippen molar-refractivity contribution in [3.63, 3.8) is 0 Å². The van der Waals surface area contributed by atoms with Gasteiger partial charge in [-0.3, -0.25) is 0 Å². The van der Waals surface area contributed by atoms with Crippen LogP contribution in [0.4, 0.5) is 0 Å². The highest BCUT2D eigenvalue weighted by atomic mass is 16.3. The van der Waals surface area contributed by atoms with Crippen molar-refractivity contribution in [2.75, 3.05) is 0 Å². The van der Waals surface area contributed by atoms with Crippen LogP contribution in [0.15, 0.2) is 11.5 Å². The van der Waals surface area contributed by atoms with E-state index in [-0.39, 0.29) is 5.54 Å². The Labute approximate surface area is 101 Å². The summed E-state index contributed by atoms with van der Waals surface area (Å²) in [6.45, 7) is 10.7. The molecule has 0 aromatic rings. The first-order chi connectivity index (χ1) is 7.40. The third kappa shape index (κ3) is 7.61. The molecular formula is C14H29NO. The minimum atomic E-state index is 0.0310. The lowest BCUT2D eigenvalue weighted by Crippen LogP contribution is -2.35. The number of hydrogen-bond donors (Lipinski definition) is 2. The van der Waals surface area contributed by atoms with E-state index in [2.05, 4.69) is 39.9 Å². The van der Waals surface area contributed by atoms with Crippen molar-refractivity contribution < 1.29 is 5.11 Å². The van der Waals surface area contributed by atoms with Gasteiger partial charge in [0.25, 0.3) is 0 Å². The molecule has 2 nitrogen and oxygen atoms in total. The molecule has 0 heterocycles. The zero-order valence-corrected chi connectivity index (χ0v) is 11.7. The summed E-state index contributed by atoms with van der Waals surface area (Å²) < 4.78 is 0. The lowest BCUT2D eigenvalue weighted by Gasteiger charge is -2.25. The third-order valence-electron chi connectivity index (χ3n) is 2.42. The molecule has 2 heteroatoms. The van der Waals surface area contributed by atoms with Gasteiger partial charge in [-0.2, -0.15) is 0 Å². The quantitative estimate of drug-likeness (QED) is 0.626. The van der Waals surface area contributed by atoms with E-state index in [1.807, 2.05) is 0 Å². The van der Waals surface area contributed by atoms with Crippen molar-refractivity contribution in [3.05, 3.63) is 11.5 Å². The molecule has 0 saturated carbocycles. The van der Waals surface area contributed by atoms with Crippen molar-refractivity contribution in [3.8, 4) is 0 Å². The number of aliphatic hydroxyl groups excluding tert-OH is 1. The molecule has 0 aliphatic rings. The smallest absolute Gasteiger partial charge is 0.111 e. The van der Waals surface area contributed by atoms with E-state index in [4.69, 9.17) is 0 Å². The van der Waals surface area contributed by atoms with Gasteiger partial charge >= 0.3 is 0 Å². The van der Waals surface area contributed by atoms with Crippen molar-refractivity contribution in [1.82, 2.24) is 5.32 Å². The Morgan fingerprint density at radius 2 is 1.50 bits per heavy atom. The van der Waals surface area contributed by atoms with Crippen LogP contribution in [0.2, 0.25) is 0 Å². The number of hydrogen-bond acceptors (Lipinski definition) is 2. The monoisotopic (exact) mass is 227 g/mol. The molecular weight excluding hydrogens is 198 g/mol. The Hall–Kier alpha value is -0.660. The van der Waals surface area contributed by atoms with E-state index >= 15 is 0 Å². The summed E-state index contributed by atoms with van der Waals surface area (Å²) in [4.78, 5) is 0. The van der Waals surface area contributed by atoms with E-state index in [9.17, 15) is 5.11 Å². The summed E-state index contributed by atoms with van der Waals surface area (Å²) in [5.74, 6) is 0.560. The normalized spacial score (nSPS) is 13.6. The first-order valence-electron chi connectivity index (χ1n) is 6.59. The summed E-state index contributed by atoms with van der Waals surface area (Å²) >= 11 is 0. The molecule has 0 bridgehead atoms. The second-order valence-corrected chi connectivity index (χ2v) is 5.51. The van der Waals surface area contributed by atoms with Gasteiger partial charge in [0, 0.05) is 17.7 Å². The number of unbranched alkanes of at least 4 members (excludes halogenated alkanes) is 2. The van der Waals surface area contributed by atoms with Crippen molar-refractivity contribution in [2.24, 2.45) is 0 Å². The molecule has 0 fully saturated rings. The predicted molar refractivity (Wildman–Crippen MR) is 71.6 cm³/mol.